The molecule has 0 aromatic carbocycles. The van der Waals surface area contributed by atoms with Crippen LogP contribution in [-0.4, -0.2) is 44.5 Å². The zero-order valence-electron chi connectivity index (χ0n) is 7.98. The smallest absolute Gasteiger partial charge is 0.240 e. The Hall–Kier alpha value is -1.11. The summed E-state index contributed by atoms with van der Waals surface area (Å²) in [5.74, 6) is -1.04. The number of likely N-dealkylation sites (tertiary alicyclic amines) is 1. The number of hydrogen-bond donors (Lipinski definition) is 1. The highest BCUT2D eigenvalue weighted by molar-refractivity contribution is 7.89. The molecule has 0 unspecified atom stereocenters. The third-order valence-corrected chi connectivity index (χ3v) is 2.56. The Morgan fingerprint density at radius 1 is 1.36 bits per heavy atom. The summed E-state index contributed by atoms with van der Waals surface area (Å²) in [4.78, 5) is 23.4. The van der Waals surface area contributed by atoms with E-state index in [0.29, 0.717) is 13.1 Å². The molecule has 80 valence electrons. The monoisotopic (exact) mass is 220 g/mol. The van der Waals surface area contributed by atoms with E-state index in [4.69, 9.17) is 0 Å². The van der Waals surface area contributed by atoms with Crippen molar-refractivity contribution in [3.05, 3.63) is 0 Å². The third-order valence-electron chi connectivity index (χ3n) is 1.98. The van der Waals surface area contributed by atoms with Gasteiger partial charge in [0.05, 0.1) is 12.2 Å². The quantitative estimate of drug-likeness (QED) is 0.616. The maximum absolute atomic E-state index is 11.2. The second kappa shape index (κ2) is 3.56. The first-order chi connectivity index (χ1) is 6.29. The van der Waals surface area contributed by atoms with Crippen molar-refractivity contribution in [3.63, 3.8) is 0 Å². The van der Waals surface area contributed by atoms with Crippen LogP contribution in [0.3, 0.4) is 0 Å². The average molecular weight is 220 g/mol. The molecule has 0 aliphatic carbocycles. The van der Waals surface area contributed by atoms with Gasteiger partial charge in [-0.05, 0) is 0 Å². The number of carbonyl (C=O) groups excluding carboxylic acids is 2. The van der Waals surface area contributed by atoms with Crippen LogP contribution in [0.25, 0.3) is 0 Å². The first-order valence-corrected chi connectivity index (χ1v) is 5.96. The molecule has 1 heterocycles. The van der Waals surface area contributed by atoms with Gasteiger partial charge in [-0.25, -0.2) is 8.42 Å². The van der Waals surface area contributed by atoms with Gasteiger partial charge in [0.15, 0.2) is 0 Å². The first kappa shape index (κ1) is 11.0. The summed E-state index contributed by atoms with van der Waals surface area (Å²) in [6, 6.07) is 0. The standard InChI is InChI=1S/C7H12N2O4S/c1-5(10)9-3-6(4-9)7(11)8-14(2,12)13/h6H,3-4H2,1-2H3,(H,8,11). The van der Waals surface area contributed by atoms with Crippen LogP contribution in [0.5, 0.6) is 0 Å². The van der Waals surface area contributed by atoms with Crippen LogP contribution in [0.4, 0.5) is 0 Å². The minimum atomic E-state index is -3.49. The summed E-state index contributed by atoms with van der Waals surface area (Å²) in [6.45, 7) is 2.01. The van der Waals surface area contributed by atoms with Crippen LogP contribution in [0, 0.1) is 5.92 Å². The van der Waals surface area contributed by atoms with E-state index in [9.17, 15) is 18.0 Å². The van der Waals surface area contributed by atoms with Gasteiger partial charge in [0.2, 0.25) is 21.8 Å². The van der Waals surface area contributed by atoms with E-state index in [0.717, 1.165) is 6.26 Å². The normalized spacial score (nSPS) is 17.4. The predicted octanol–water partition coefficient (Wildman–Crippen LogP) is -1.46. The molecule has 0 aromatic heterocycles. The van der Waals surface area contributed by atoms with Crippen molar-refractivity contribution in [2.75, 3.05) is 19.3 Å². The van der Waals surface area contributed by atoms with Gasteiger partial charge in [-0.2, -0.15) is 0 Å². The zero-order chi connectivity index (χ0) is 10.9. The van der Waals surface area contributed by atoms with Crippen LogP contribution in [-0.2, 0) is 19.6 Å². The lowest BCUT2D eigenvalue weighted by atomic mass is 10.00. The molecule has 1 fully saturated rings. The molecule has 0 aromatic rings. The Bertz CT molecular complexity index is 356. The largest absolute Gasteiger partial charge is 0.341 e. The molecule has 0 spiro atoms. The van der Waals surface area contributed by atoms with Gasteiger partial charge < -0.3 is 4.90 Å². The predicted molar refractivity (Wildman–Crippen MR) is 48.7 cm³/mol. The number of sulfonamides is 1. The number of nitrogens with zero attached hydrogens (tertiary/aromatic N) is 1. The lowest BCUT2D eigenvalue weighted by Gasteiger charge is -2.37. The van der Waals surface area contributed by atoms with Gasteiger partial charge in [-0.15, -0.1) is 0 Å². The molecule has 6 nitrogen and oxygen atoms in total. The lowest BCUT2D eigenvalue weighted by Crippen LogP contribution is -2.55. The van der Waals surface area contributed by atoms with Crippen molar-refractivity contribution in [1.29, 1.82) is 0 Å². The molecule has 1 aliphatic rings. The van der Waals surface area contributed by atoms with Gasteiger partial charge in [-0.1, -0.05) is 0 Å². The van der Waals surface area contributed by atoms with Crippen LogP contribution < -0.4 is 4.72 Å². The van der Waals surface area contributed by atoms with Gasteiger partial charge in [0.1, 0.15) is 0 Å². The molecule has 0 radical (unpaired) electrons. The second-order valence-electron chi connectivity index (χ2n) is 3.36. The Morgan fingerprint density at radius 3 is 2.21 bits per heavy atom. The molecule has 1 N–H and O–H groups in total. The summed E-state index contributed by atoms with van der Waals surface area (Å²) in [7, 11) is -3.49. The molecule has 1 aliphatic heterocycles. The van der Waals surface area contributed by atoms with E-state index in [1.54, 1.807) is 0 Å². The van der Waals surface area contributed by atoms with Gasteiger partial charge in [-0.3, -0.25) is 14.3 Å². The zero-order valence-corrected chi connectivity index (χ0v) is 8.80. The van der Waals surface area contributed by atoms with E-state index >= 15 is 0 Å². The van der Waals surface area contributed by atoms with E-state index in [1.165, 1.54) is 11.8 Å². The molecule has 1 rings (SSSR count). The molecule has 0 saturated carbocycles. The highest BCUT2D eigenvalue weighted by Crippen LogP contribution is 2.15. The molecular formula is C7H12N2O4S. The molecule has 7 heteroatoms. The average Bonchev–Trinajstić information content (AvgIpc) is 1.75. The summed E-state index contributed by atoms with van der Waals surface area (Å²) >= 11 is 0. The first-order valence-electron chi connectivity index (χ1n) is 4.07. The Balaban J connectivity index is 2.41. The molecular weight excluding hydrogens is 208 g/mol. The molecule has 0 bridgehead atoms. The van der Waals surface area contributed by atoms with Crippen molar-refractivity contribution in [2.45, 2.75) is 6.92 Å². The third kappa shape index (κ3) is 2.69. The van der Waals surface area contributed by atoms with E-state index in [-0.39, 0.29) is 5.91 Å². The van der Waals surface area contributed by atoms with E-state index < -0.39 is 21.8 Å². The summed E-state index contributed by atoms with van der Waals surface area (Å²) in [6.07, 6.45) is 0.923. The number of nitrogens with one attached hydrogen (secondary N) is 1. The Kier molecular flexibility index (Phi) is 2.79. The Morgan fingerprint density at radius 2 is 1.86 bits per heavy atom. The maximum Gasteiger partial charge on any atom is 0.240 e. The lowest BCUT2D eigenvalue weighted by molar-refractivity contribution is -0.140. The van der Waals surface area contributed by atoms with Crippen LogP contribution in [0.2, 0.25) is 0 Å². The van der Waals surface area contributed by atoms with Gasteiger partial charge in [0, 0.05) is 20.0 Å². The van der Waals surface area contributed by atoms with Crippen molar-refractivity contribution in [1.82, 2.24) is 9.62 Å². The van der Waals surface area contributed by atoms with Crippen molar-refractivity contribution < 1.29 is 18.0 Å². The summed E-state index contributed by atoms with van der Waals surface area (Å²) in [5.41, 5.74) is 0. The topological polar surface area (TPSA) is 83.6 Å². The van der Waals surface area contributed by atoms with Gasteiger partial charge >= 0.3 is 0 Å². The Labute approximate surface area is 82.3 Å². The number of carbonyl (C=O) groups is 2. The number of rotatable bonds is 2. The molecule has 0 atom stereocenters. The van der Waals surface area contributed by atoms with E-state index in [1.807, 2.05) is 4.72 Å². The summed E-state index contributed by atoms with van der Waals surface area (Å²) in [5, 5.41) is 0. The summed E-state index contributed by atoms with van der Waals surface area (Å²) < 4.78 is 23.3. The van der Waals surface area contributed by atoms with E-state index in [2.05, 4.69) is 0 Å². The molecule has 14 heavy (non-hydrogen) atoms. The molecule has 1 saturated heterocycles. The number of hydrogen-bond acceptors (Lipinski definition) is 4. The fraction of sp³-hybridized carbons (Fsp3) is 0.714. The van der Waals surface area contributed by atoms with Gasteiger partial charge in [0.25, 0.3) is 0 Å². The minimum Gasteiger partial charge on any atom is -0.341 e. The van der Waals surface area contributed by atoms with Crippen LogP contribution in [0.1, 0.15) is 6.92 Å². The minimum absolute atomic E-state index is 0.103. The fourth-order valence-corrected chi connectivity index (χ4v) is 1.70. The highest BCUT2D eigenvalue weighted by atomic mass is 32.2. The second-order valence-corrected chi connectivity index (χ2v) is 5.11. The highest BCUT2D eigenvalue weighted by Gasteiger charge is 2.34. The maximum atomic E-state index is 11.2. The molecule has 2 amide bonds. The fourth-order valence-electron chi connectivity index (χ4n) is 1.17. The van der Waals surface area contributed by atoms with Crippen LogP contribution >= 0.6 is 0 Å². The van der Waals surface area contributed by atoms with Crippen molar-refractivity contribution >= 4 is 21.8 Å². The van der Waals surface area contributed by atoms with Crippen molar-refractivity contribution in [3.8, 4) is 0 Å². The van der Waals surface area contributed by atoms with Crippen LogP contribution in [0.15, 0.2) is 0 Å². The SMILES string of the molecule is CC(=O)N1CC(C(=O)NS(C)(=O)=O)C1. The number of amides is 2. The van der Waals surface area contributed by atoms with Crippen molar-refractivity contribution in [2.24, 2.45) is 5.92 Å².